The van der Waals surface area contributed by atoms with Crippen LogP contribution in [0.3, 0.4) is 0 Å². The second kappa shape index (κ2) is 6.08. The Labute approximate surface area is 121 Å². The molecule has 20 heavy (non-hydrogen) atoms. The van der Waals surface area contributed by atoms with E-state index in [-0.39, 0.29) is 0 Å². The molecule has 0 radical (unpaired) electrons. The summed E-state index contributed by atoms with van der Waals surface area (Å²) >= 11 is 1.29. The third kappa shape index (κ3) is 3.07. The van der Waals surface area contributed by atoms with Crippen LogP contribution in [0.2, 0.25) is 0 Å². The van der Waals surface area contributed by atoms with Crippen molar-refractivity contribution in [2.24, 2.45) is 5.10 Å². The van der Waals surface area contributed by atoms with Gasteiger partial charge >= 0.3 is 0 Å². The second-order valence-electron chi connectivity index (χ2n) is 4.07. The lowest BCUT2D eigenvalue weighted by atomic mass is 10.2. The molecule has 3 rings (SSSR count). The van der Waals surface area contributed by atoms with Crippen LogP contribution in [-0.4, -0.2) is 15.6 Å². The lowest BCUT2D eigenvalue weighted by molar-refractivity contribution is 1.26. The molecule has 2 aromatic carbocycles. The topological polar surface area (TPSA) is 50.2 Å². The van der Waals surface area contributed by atoms with Gasteiger partial charge in [-0.25, -0.2) is 0 Å². The van der Waals surface area contributed by atoms with Crippen molar-refractivity contribution in [1.29, 1.82) is 0 Å². The highest BCUT2D eigenvalue weighted by molar-refractivity contribution is 7.09. The molecule has 1 N–H and O–H groups in total. The minimum Gasteiger partial charge on any atom is -0.251 e. The molecular formula is C15H12N4S. The van der Waals surface area contributed by atoms with E-state index in [0.29, 0.717) is 11.0 Å². The first-order valence-corrected chi connectivity index (χ1v) is 6.92. The highest BCUT2D eigenvalue weighted by Gasteiger charge is 2.04. The first-order valence-electron chi connectivity index (χ1n) is 6.15. The van der Waals surface area contributed by atoms with E-state index in [1.807, 2.05) is 60.7 Å². The van der Waals surface area contributed by atoms with Gasteiger partial charge in [0, 0.05) is 17.1 Å². The molecule has 0 saturated heterocycles. The largest absolute Gasteiger partial charge is 0.251 e. The summed E-state index contributed by atoms with van der Waals surface area (Å²) in [6.07, 6.45) is 1.75. The Morgan fingerprint density at radius 1 is 0.950 bits per heavy atom. The van der Waals surface area contributed by atoms with E-state index in [2.05, 4.69) is 19.9 Å². The highest BCUT2D eigenvalue weighted by atomic mass is 32.1. The maximum Gasteiger partial charge on any atom is 0.223 e. The minimum absolute atomic E-state index is 0.677. The average Bonchev–Trinajstić information content (AvgIpc) is 2.98. The molecule has 0 aliphatic heterocycles. The molecule has 0 aliphatic rings. The third-order valence-corrected chi connectivity index (χ3v) is 3.25. The van der Waals surface area contributed by atoms with Gasteiger partial charge in [0.05, 0.1) is 6.21 Å². The summed E-state index contributed by atoms with van der Waals surface area (Å²) in [5.41, 5.74) is 4.94. The van der Waals surface area contributed by atoms with Gasteiger partial charge in [0.25, 0.3) is 0 Å². The van der Waals surface area contributed by atoms with Crippen LogP contribution in [0.15, 0.2) is 65.8 Å². The maximum atomic E-state index is 4.39. The Morgan fingerprint density at radius 2 is 1.65 bits per heavy atom. The number of hydrogen-bond acceptors (Lipinski definition) is 5. The number of hydrogen-bond donors (Lipinski definition) is 1. The first kappa shape index (κ1) is 12.5. The van der Waals surface area contributed by atoms with Crippen molar-refractivity contribution in [2.75, 3.05) is 5.43 Å². The summed E-state index contributed by atoms with van der Waals surface area (Å²) < 4.78 is 4.31. The fourth-order valence-corrected chi connectivity index (χ4v) is 2.21. The van der Waals surface area contributed by atoms with Gasteiger partial charge in [0.2, 0.25) is 5.13 Å². The fraction of sp³-hybridized carbons (Fsp3) is 0. The summed E-state index contributed by atoms with van der Waals surface area (Å²) in [6.45, 7) is 0. The van der Waals surface area contributed by atoms with Crippen molar-refractivity contribution in [3.05, 3.63) is 66.2 Å². The molecule has 0 fully saturated rings. The minimum atomic E-state index is 0.677. The van der Waals surface area contributed by atoms with E-state index in [9.17, 15) is 0 Å². The van der Waals surface area contributed by atoms with Crippen LogP contribution in [-0.2, 0) is 0 Å². The van der Waals surface area contributed by atoms with Crippen molar-refractivity contribution in [2.45, 2.75) is 0 Å². The quantitative estimate of drug-likeness (QED) is 0.586. The van der Waals surface area contributed by atoms with Crippen molar-refractivity contribution in [3.63, 3.8) is 0 Å². The third-order valence-electron chi connectivity index (χ3n) is 2.63. The molecule has 0 atom stereocenters. The highest BCUT2D eigenvalue weighted by Crippen LogP contribution is 2.20. The zero-order valence-corrected chi connectivity index (χ0v) is 11.4. The number of aromatic nitrogens is 2. The predicted octanol–water partition coefficient (Wildman–Crippen LogP) is 3.65. The fourth-order valence-electron chi connectivity index (χ4n) is 1.67. The second-order valence-corrected chi connectivity index (χ2v) is 4.82. The van der Waals surface area contributed by atoms with Gasteiger partial charge in [0.1, 0.15) is 0 Å². The molecule has 0 aliphatic carbocycles. The lowest BCUT2D eigenvalue weighted by Crippen LogP contribution is -1.89. The van der Waals surface area contributed by atoms with Crippen molar-refractivity contribution >= 4 is 22.9 Å². The van der Waals surface area contributed by atoms with Gasteiger partial charge in [-0.2, -0.15) is 14.5 Å². The summed E-state index contributed by atoms with van der Waals surface area (Å²) in [4.78, 5) is 4.39. The van der Waals surface area contributed by atoms with Crippen LogP contribution < -0.4 is 5.43 Å². The van der Waals surface area contributed by atoms with Crippen molar-refractivity contribution < 1.29 is 0 Å². The molecule has 3 aromatic rings. The van der Waals surface area contributed by atoms with E-state index < -0.39 is 0 Å². The molecule has 1 aromatic heterocycles. The van der Waals surface area contributed by atoms with Crippen LogP contribution >= 0.6 is 11.5 Å². The van der Waals surface area contributed by atoms with Gasteiger partial charge in [-0.15, -0.1) is 0 Å². The molecule has 0 spiro atoms. The molecule has 0 unspecified atom stereocenters. The van der Waals surface area contributed by atoms with E-state index >= 15 is 0 Å². The molecule has 0 saturated carbocycles. The molecule has 4 nitrogen and oxygen atoms in total. The Kier molecular flexibility index (Phi) is 3.80. The van der Waals surface area contributed by atoms with Gasteiger partial charge in [-0.1, -0.05) is 60.7 Å². The molecular weight excluding hydrogens is 268 g/mol. The van der Waals surface area contributed by atoms with Gasteiger partial charge < -0.3 is 0 Å². The molecule has 5 heteroatoms. The zero-order valence-electron chi connectivity index (χ0n) is 10.6. The van der Waals surface area contributed by atoms with E-state index in [1.165, 1.54) is 11.5 Å². The number of nitrogens with one attached hydrogen (secondary N) is 1. The smallest absolute Gasteiger partial charge is 0.223 e. The number of hydrazone groups is 1. The average molecular weight is 280 g/mol. The van der Waals surface area contributed by atoms with E-state index in [1.54, 1.807) is 6.21 Å². The summed E-state index contributed by atoms with van der Waals surface area (Å²) in [6, 6.07) is 19.8. The van der Waals surface area contributed by atoms with Crippen molar-refractivity contribution in [3.8, 4) is 11.4 Å². The molecule has 1 heterocycles. The van der Waals surface area contributed by atoms with E-state index in [0.717, 1.165) is 11.1 Å². The van der Waals surface area contributed by atoms with Gasteiger partial charge in [-0.05, 0) is 5.56 Å². The molecule has 0 bridgehead atoms. The monoisotopic (exact) mass is 280 g/mol. The summed E-state index contributed by atoms with van der Waals surface area (Å²) in [5, 5.41) is 4.83. The Bertz CT molecular complexity index is 692. The number of benzene rings is 2. The van der Waals surface area contributed by atoms with Crippen LogP contribution in [0.5, 0.6) is 0 Å². The Hall–Kier alpha value is -2.53. The van der Waals surface area contributed by atoms with Crippen LogP contribution in [0.1, 0.15) is 5.56 Å². The molecule has 98 valence electrons. The predicted molar refractivity (Wildman–Crippen MR) is 83.0 cm³/mol. The van der Waals surface area contributed by atoms with Crippen LogP contribution in [0.4, 0.5) is 5.13 Å². The zero-order chi connectivity index (χ0) is 13.6. The standard InChI is InChI=1S/C15H12N4S/c1-3-7-12(8-4-1)11-16-18-15-17-14(19-20-15)13-9-5-2-6-10-13/h1-11H,(H,17,18,19). The Balaban J connectivity index is 1.68. The first-order chi connectivity index (χ1) is 9.92. The SMILES string of the molecule is C(=NNc1nc(-c2ccccc2)ns1)c1ccccc1. The number of rotatable bonds is 4. The Morgan fingerprint density at radius 3 is 2.40 bits per heavy atom. The molecule has 0 amide bonds. The summed E-state index contributed by atoms with van der Waals surface area (Å²) in [5.74, 6) is 0.716. The lowest BCUT2D eigenvalue weighted by Gasteiger charge is -1.94. The van der Waals surface area contributed by atoms with E-state index in [4.69, 9.17) is 0 Å². The van der Waals surface area contributed by atoms with Crippen LogP contribution in [0, 0.1) is 0 Å². The van der Waals surface area contributed by atoms with Gasteiger partial charge in [-0.3, -0.25) is 5.43 Å². The van der Waals surface area contributed by atoms with Crippen LogP contribution in [0.25, 0.3) is 11.4 Å². The number of nitrogens with zero attached hydrogens (tertiary/aromatic N) is 3. The normalized spacial score (nSPS) is 10.8. The maximum absolute atomic E-state index is 4.39. The summed E-state index contributed by atoms with van der Waals surface area (Å²) in [7, 11) is 0. The van der Waals surface area contributed by atoms with Gasteiger partial charge in [0.15, 0.2) is 5.82 Å². The number of anilines is 1. The van der Waals surface area contributed by atoms with Crippen molar-refractivity contribution in [1.82, 2.24) is 9.36 Å².